The summed E-state index contributed by atoms with van der Waals surface area (Å²) in [7, 11) is 0. The van der Waals surface area contributed by atoms with Crippen molar-refractivity contribution in [1.29, 1.82) is 0 Å². The maximum absolute atomic E-state index is 12.0. The molecule has 26 heavy (non-hydrogen) atoms. The first-order chi connectivity index (χ1) is 12.6. The van der Waals surface area contributed by atoms with Crippen LogP contribution in [0.1, 0.15) is 6.92 Å². The van der Waals surface area contributed by atoms with Crippen LogP contribution in [-0.2, 0) is 4.79 Å². The van der Waals surface area contributed by atoms with Crippen molar-refractivity contribution in [3.63, 3.8) is 0 Å². The molecule has 0 unspecified atom stereocenters. The summed E-state index contributed by atoms with van der Waals surface area (Å²) < 4.78 is 11.8. The minimum atomic E-state index is -0.250. The standard InChI is InChI=1S/C19H17BrN2O3S/c1-2-24-15-7-3-13(4-8-15)17-12-26-19(21-17)22-18(23)11-25-16-9-5-14(20)6-10-16/h3-10,12H,2,11H2,1H3,(H,21,22,23). The van der Waals surface area contributed by atoms with Gasteiger partial charge < -0.3 is 9.47 Å². The fourth-order valence-corrected chi connectivity index (χ4v) is 3.19. The lowest BCUT2D eigenvalue weighted by molar-refractivity contribution is -0.118. The van der Waals surface area contributed by atoms with Gasteiger partial charge in [0.2, 0.25) is 0 Å². The SMILES string of the molecule is CCOc1ccc(-c2csc(NC(=O)COc3ccc(Br)cc3)n2)cc1. The number of nitrogens with zero attached hydrogens (tertiary/aromatic N) is 1. The van der Waals surface area contributed by atoms with Crippen molar-refractivity contribution in [2.45, 2.75) is 6.92 Å². The van der Waals surface area contributed by atoms with Crippen molar-refractivity contribution >= 4 is 38.3 Å². The lowest BCUT2D eigenvalue weighted by Crippen LogP contribution is -2.20. The van der Waals surface area contributed by atoms with Crippen LogP contribution < -0.4 is 14.8 Å². The molecule has 1 amide bonds. The normalized spacial score (nSPS) is 10.4. The van der Waals surface area contributed by atoms with Gasteiger partial charge in [0.25, 0.3) is 5.91 Å². The molecule has 1 aromatic heterocycles. The average Bonchev–Trinajstić information content (AvgIpc) is 3.10. The van der Waals surface area contributed by atoms with Crippen molar-refractivity contribution in [1.82, 2.24) is 4.98 Å². The monoisotopic (exact) mass is 432 g/mol. The number of anilines is 1. The number of nitrogens with one attached hydrogen (secondary N) is 1. The highest BCUT2D eigenvalue weighted by Gasteiger charge is 2.09. The number of thiazole rings is 1. The van der Waals surface area contributed by atoms with Gasteiger partial charge in [0, 0.05) is 15.4 Å². The topological polar surface area (TPSA) is 60.5 Å². The Balaban J connectivity index is 1.55. The zero-order valence-electron chi connectivity index (χ0n) is 14.1. The molecule has 3 aromatic rings. The number of carbonyl (C=O) groups excluding carboxylic acids is 1. The Morgan fingerprint density at radius 1 is 1.08 bits per heavy atom. The number of rotatable bonds is 7. The molecular formula is C19H17BrN2O3S. The summed E-state index contributed by atoms with van der Waals surface area (Å²) in [6.45, 7) is 2.51. The molecule has 5 nitrogen and oxygen atoms in total. The Morgan fingerprint density at radius 3 is 2.42 bits per heavy atom. The summed E-state index contributed by atoms with van der Waals surface area (Å²) in [5.41, 5.74) is 1.78. The molecule has 0 atom stereocenters. The van der Waals surface area contributed by atoms with Crippen molar-refractivity contribution < 1.29 is 14.3 Å². The highest BCUT2D eigenvalue weighted by Crippen LogP contribution is 2.26. The van der Waals surface area contributed by atoms with Crippen molar-refractivity contribution in [2.75, 3.05) is 18.5 Å². The smallest absolute Gasteiger partial charge is 0.264 e. The number of benzene rings is 2. The molecule has 134 valence electrons. The average molecular weight is 433 g/mol. The highest BCUT2D eigenvalue weighted by molar-refractivity contribution is 9.10. The second kappa shape index (κ2) is 8.82. The minimum Gasteiger partial charge on any atom is -0.494 e. The summed E-state index contributed by atoms with van der Waals surface area (Å²) >= 11 is 4.73. The van der Waals surface area contributed by atoms with Gasteiger partial charge >= 0.3 is 0 Å². The van der Waals surface area contributed by atoms with Gasteiger partial charge in [-0.15, -0.1) is 11.3 Å². The lowest BCUT2D eigenvalue weighted by Gasteiger charge is -2.05. The van der Waals surface area contributed by atoms with Crippen LogP contribution in [0, 0.1) is 0 Å². The Morgan fingerprint density at radius 2 is 1.73 bits per heavy atom. The third-order valence-electron chi connectivity index (χ3n) is 3.40. The summed E-state index contributed by atoms with van der Waals surface area (Å²) in [6.07, 6.45) is 0. The van der Waals surface area contributed by atoms with Gasteiger partial charge in [-0.2, -0.15) is 0 Å². The second-order valence-electron chi connectivity index (χ2n) is 5.29. The molecule has 0 saturated heterocycles. The molecule has 0 aliphatic heterocycles. The zero-order chi connectivity index (χ0) is 18.4. The molecule has 7 heteroatoms. The van der Waals surface area contributed by atoms with Crippen LogP contribution in [0.2, 0.25) is 0 Å². The molecule has 2 aromatic carbocycles. The van der Waals surface area contributed by atoms with Gasteiger partial charge in [-0.25, -0.2) is 4.98 Å². The third-order valence-corrected chi connectivity index (χ3v) is 4.68. The molecule has 1 N–H and O–H groups in total. The van der Waals surface area contributed by atoms with E-state index in [1.807, 2.05) is 48.7 Å². The van der Waals surface area contributed by atoms with Crippen LogP contribution in [0.5, 0.6) is 11.5 Å². The largest absolute Gasteiger partial charge is 0.494 e. The van der Waals surface area contributed by atoms with E-state index in [4.69, 9.17) is 9.47 Å². The Bertz CT molecular complexity index is 863. The van der Waals surface area contributed by atoms with Gasteiger partial charge in [-0.1, -0.05) is 15.9 Å². The number of aromatic nitrogens is 1. The van der Waals surface area contributed by atoms with E-state index in [9.17, 15) is 4.79 Å². The summed E-state index contributed by atoms with van der Waals surface area (Å²) in [4.78, 5) is 16.5. The van der Waals surface area contributed by atoms with E-state index in [1.54, 1.807) is 12.1 Å². The van der Waals surface area contributed by atoms with E-state index in [0.29, 0.717) is 17.5 Å². The number of hydrogen-bond acceptors (Lipinski definition) is 5. The van der Waals surface area contributed by atoms with Crippen LogP contribution in [0.25, 0.3) is 11.3 Å². The Kier molecular flexibility index (Phi) is 6.25. The second-order valence-corrected chi connectivity index (χ2v) is 7.06. The molecule has 0 spiro atoms. The van der Waals surface area contributed by atoms with E-state index in [1.165, 1.54) is 11.3 Å². The van der Waals surface area contributed by atoms with Gasteiger partial charge in [0.1, 0.15) is 11.5 Å². The van der Waals surface area contributed by atoms with Gasteiger partial charge in [0.15, 0.2) is 11.7 Å². The van der Waals surface area contributed by atoms with Crippen LogP contribution in [0.3, 0.4) is 0 Å². The zero-order valence-corrected chi connectivity index (χ0v) is 16.5. The molecule has 0 fully saturated rings. The van der Waals surface area contributed by atoms with E-state index < -0.39 is 0 Å². The summed E-state index contributed by atoms with van der Waals surface area (Å²) in [6, 6.07) is 15.0. The summed E-state index contributed by atoms with van der Waals surface area (Å²) in [5.74, 6) is 1.21. The van der Waals surface area contributed by atoms with Gasteiger partial charge in [-0.3, -0.25) is 10.1 Å². The molecule has 0 bridgehead atoms. The predicted octanol–water partition coefficient (Wildman–Crippen LogP) is 4.99. The molecular weight excluding hydrogens is 416 g/mol. The highest BCUT2D eigenvalue weighted by atomic mass is 79.9. The van der Waals surface area contributed by atoms with Crippen LogP contribution in [0.15, 0.2) is 58.4 Å². The first kappa shape index (κ1) is 18.4. The first-order valence-electron chi connectivity index (χ1n) is 8.01. The van der Waals surface area contributed by atoms with E-state index >= 15 is 0 Å². The molecule has 0 aliphatic carbocycles. The van der Waals surface area contributed by atoms with Gasteiger partial charge in [-0.05, 0) is 55.5 Å². The fraction of sp³-hybridized carbons (Fsp3) is 0.158. The molecule has 1 heterocycles. The maximum atomic E-state index is 12.0. The fourth-order valence-electron chi connectivity index (χ4n) is 2.19. The molecule has 0 aliphatic rings. The quantitative estimate of drug-likeness (QED) is 0.571. The third kappa shape index (κ3) is 5.06. The Labute approximate surface area is 164 Å². The maximum Gasteiger partial charge on any atom is 0.264 e. The lowest BCUT2D eigenvalue weighted by atomic mass is 10.2. The van der Waals surface area contributed by atoms with Crippen molar-refractivity contribution in [3.05, 3.63) is 58.4 Å². The predicted molar refractivity (Wildman–Crippen MR) is 107 cm³/mol. The number of halogens is 1. The molecule has 0 saturated carbocycles. The molecule has 3 rings (SSSR count). The van der Waals surface area contributed by atoms with Crippen LogP contribution >= 0.6 is 27.3 Å². The Hall–Kier alpha value is -2.38. The van der Waals surface area contributed by atoms with Crippen molar-refractivity contribution in [2.24, 2.45) is 0 Å². The van der Waals surface area contributed by atoms with E-state index in [0.717, 1.165) is 21.5 Å². The number of ether oxygens (including phenoxy) is 2. The van der Waals surface area contributed by atoms with Crippen LogP contribution in [0.4, 0.5) is 5.13 Å². The van der Waals surface area contributed by atoms with Gasteiger partial charge in [0.05, 0.1) is 12.3 Å². The number of hydrogen-bond donors (Lipinski definition) is 1. The van der Waals surface area contributed by atoms with E-state index in [2.05, 4.69) is 26.2 Å². The summed E-state index contributed by atoms with van der Waals surface area (Å²) in [5, 5.41) is 5.20. The number of carbonyl (C=O) groups is 1. The molecule has 0 radical (unpaired) electrons. The van der Waals surface area contributed by atoms with Crippen molar-refractivity contribution in [3.8, 4) is 22.8 Å². The first-order valence-corrected chi connectivity index (χ1v) is 9.68. The van der Waals surface area contributed by atoms with Crippen LogP contribution in [-0.4, -0.2) is 24.1 Å². The number of amides is 1. The minimum absolute atomic E-state index is 0.0698. The van der Waals surface area contributed by atoms with E-state index in [-0.39, 0.29) is 12.5 Å².